The van der Waals surface area contributed by atoms with E-state index in [1.54, 1.807) is 24.0 Å². The van der Waals surface area contributed by atoms with Gasteiger partial charge in [0.05, 0.1) is 5.69 Å². The van der Waals surface area contributed by atoms with Gasteiger partial charge in [0.2, 0.25) is 0 Å². The molecule has 0 spiro atoms. The van der Waals surface area contributed by atoms with Crippen LogP contribution in [0.15, 0.2) is 47.0 Å². The summed E-state index contributed by atoms with van der Waals surface area (Å²) in [4.78, 5) is 28.8. The van der Waals surface area contributed by atoms with Crippen LogP contribution in [-0.4, -0.2) is 76.2 Å². The topological polar surface area (TPSA) is 107 Å². The van der Waals surface area contributed by atoms with Crippen LogP contribution < -0.4 is 5.32 Å². The lowest BCUT2D eigenvalue weighted by molar-refractivity contribution is 0.0628. The monoisotopic (exact) mass is 408 g/mol. The van der Waals surface area contributed by atoms with E-state index in [-0.39, 0.29) is 11.8 Å². The molecule has 2 amide bonds. The van der Waals surface area contributed by atoms with Gasteiger partial charge in [0, 0.05) is 50.9 Å². The van der Waals surface area contributed by atoms with Crippen LogP contribution >= 0.6 is 0 Å². The number of nitrogens with zero attached hydrogens (tertiary/aromatic N) is 4. The Balaban J connectivity index is 1.20. The molecule has 156 valence electrons. The van der Waals surface area contributed by atoms with E-state index in [4.69, 9.17) is 4.52 Å². The lowest BCUT2D eigenvalue weighted by atomic mass is 10.1. The number of aromatic amines is 1. The Bertz CT molecular complexity index is 1000. The van der Waals surface area contributed by atoms with Crippen molar-refractivity contribution < 1.29 is 14.1 Å². The number of aryl methyl sites for hydroxylation is 1. The maximum Gasteiger partial charge on any atom is 0.276 e. The summed E-state index contributed by atoms with van der Waals surface area (Å²) in [6.45, 7) is 5.76. The van der Waals surface area contributed by atoms with Crippen LogP contribution in [0.1, 0.15) is 26.7 Å². The highest BCUT2D eigenvalue weighted by atomic mass is 16.5. The normalized spacial score (nSPS) is 14.6. The van der Waals surface area contributed by atoms with E-state index in [9.17, 15) is 9.59 Å². The van der Waals surface area contributed by atoms with Crippen LogP contribution in [0.4, 0.5) is 0 Å². The van der Waals surface area contributed by atoms with E-state index in [2.05, 4.69) is 25.6 Å². The molecule has 9 nitrogen and oxygen atoms in total. The smallest absolute Gasteiger partial charge is 0.276 e. The van der Waals surface area contributed by atoms with Gasteiger partial charge in [-0.3, -0.25) is 19.6 Å². The van der Waals surface area contributed by atoms with Gasteiger partial charge in [-0.15, -0.1) is 0 Å². The zero-order valence-corrected chi connectivity index (χ0v) is 16.8. The zero-order chi connectivity index (χ0) is 20.9. The molecular formula is C21H24N6O3. The van der Waals surface area contributed by atoms with E-state index in [0.29, 0.717) is 36.8 Å². The summed E-state index contributed by atoms with van der Waals surface area (Å²) in [7, 11) is 0. The van der Waals surface area contributed by atoms with Crippen LogP contribution in [-0.2, 0) is 0 Å². The van der Waals surface area contributed by atoms with Gasteiger partial charge in [0.25, 0.3) is 11.8 Å². The molecule has 1 fully saturated rings. The third kappa shape index (κ3) is 4.57. The first-order valence-electron chi connectivity index (χ1n) is 9.94. The summed E-state index contributed by atoms with van der Waals surface area (Å²) < 4.78 is 4.98. The van der Waals surface area contributed by atoms with E-state index in [1.165, 1.54) is 0 Å². The minimum absolute atomic E-state index is 0.103. The van der Waals surface area contributed by atoms with Crippen molar-refractivity contribution in [3.05, 3.63) is 59.6 Å². The second-order valence-corrected chi connectivity index (χ2v) is 7.25. The molecule has 2 N–H and O–H groups in total. The van der Waals surface area contributed by atoms with Crippen molar-refractivity contribution in [2.24, 2.45) is 0 Å². The number of hydrogen-bond acceptors (Lipinski definition) is 6. The van der Waals surface area contributed by atoms with Gasteiger partial charge in [-0.05, 0) is 13.0 Å². The number of benzene rings is 1. The van der Waals surface area contributed by atoms with E-state index in [0.717, 1.165) is 30.9 Å². The third-order valence-electron chi connectivity index (χ3n) is 5.11. The van der Waals surface area contributed by atoms with Gasteiger partial charge in [0.1, 0.15) is 11.5 Å². The summed E-state index contributed by atoms with van der Waals surface area (Å²) in [6.07, 6.45) is 0. The SMILES string of the molecule is Cc1cc(C(=O)N2CCN(CCNC(=O)c3cc(-c4ccccc4)n[nH]3)CC2)no1. The first-order chi connectivity index (χ1) is 14.6. The molecule has 0 bridgehead atoms. The second kappa shape index (κ2) is 8.91. The molecule has 0 unspecified atom stereocenters. The lowest BCUT2D eigenvalue weighted by Gasteiger charge is -2.34. The number of carbonyl (C=O) groups is 2. The standard InChI is InChI=1S/C21H24N6O3/c1-15-13-19(25-30-15)21(29)27-11-9-26(10-12-27)8-7-22-20(28)18-14-17(23-24-18)16-5-3-2-4-6-16/h2-6,13-14H,7-12H2,1H3,(H,22,28)(H,23,24). The lowest BCUT2D eigenvalue weighted by Crippen LogP contribution is -2.50. The molecule has 4 rings (SSSR count). The highest BCUT2D eigenvalue weighted by molar-refractivity contribution is 5.93. The van der Waals surface area contributed by atoms with Crippen LogP contribution in [0.25, 0.3) is 11.3 Å². The molecule has 9 heteroatoms. The van der Waals surface area contributed by atoms with E-state index in [1.807, 2.05) is 30.3 Å². The van der Waals surface area contributed by atoms with Crippen molar-refractivity contribution in [3.63, 3.8) is 0 Å². The number of hydrogen-bond donors (Lipinski definition) is 2. The van der Waals surface area contributed by atoms with Crippen molar-refractivity contribution in [3.8, 4) is 11.3 Å². The predicted octanol–water partition coefficient (Wildman–Crippen LogP) is 1.56. The van der Waals surface area contributed by atoms with Gasteiger partial charge >= 0.3 is 0 Å². The number of H-pyrrole nitrogens is 1. The van der Waals surface area contributed by atoms with Gasteiger partial charge in [-0.1, -0.05) is 35.5 Å². The molecule has 0 radical (unpaired) electrons. The first-order valence-corrected chi connectivity index (χ1v) is 9.94. The Morgan fingerprint density at radius 3 is 2.60 bits per heavy atom. The number of rotatable bonds is 6. The van der Waals surface area contributed by atoms with E-state index < -0.39 is 0 Å². The van der Waals surface area contributed by atoms with Crippen LogP contribution in [0.2, 0.25) is 0 Å². The molecule has 0 atom stereocenters. The number of piperazine rings is 1. The van der Waals surface area contributed by atoms with Gasteiger partial charge < -0.3 is 14.7 Å². The highest BCUT2D eigenvalue weighted by Gasteiger charge is 2.24. The van der Waals surface area contributed by atoms with Crippen LogP contribution in [0, 0.1) is 6.92 Å². The van der Waals surface area contributed by atoms with Crippen LogP contribution in [0.3, 0.4) is 0 Å². The van der Waals surface area contributed by atoms with Gasteiger partial charge in [-0.25, -0.2) is 0 Å². The molecule has 3 aromatic rings. The average molecular weight is 408 g/mol. The molecule has 1 saturated heterocycles. The predicted molar refractivity (Wildman–Crippen MR) is 110 cm³/mol. The number of aromatic nitrogens is 3. The molecule has 1 aliphatic heterocycles. The Hall–Kier alpha value is -3.46. The Kier molecular flexibility index (Phi) is 5.89. The summed E-state index contributed by atoms with van der Waals surface area (Å²) in [5, 5.41) is 13.7. The summed E-state index contributed by atoms with van der Waals surface area (Å²) in [5.41, 5.74) is 2.49. The van der Waals surface area contributed by atoms with Crippen molar-refractivity contribution in [2.75, 3.05) is 39.3 Å². The number of carbonyl (C=O) groups excluding carboxylic acids is 2. The van der Waals surface area contributed by atoms with E-state index >= 15 is 0 Å². The average Bonchev–Trinajstić information content (AvgIpc) is 3.44. The number of nitrogens with one attached hydrogen (secondary N) is 2. The molecular weight excluding hydrogens is 384 g/mol. The second-order valence-electron chi connectivity index (χ2n) is 7.25. The third-order valence-corrected chi connectivity index (χ3v) is 5.11. The minimum Gasteiger partial charge on any atom is -0.361 e. The van der Waals surface area contributed by atoms with Crippen molar-refractivity contribution in [1.29, 1.82) is 0 Å². The highest BCUT2D eigenvalue weighted by Crippen LogP contribution is 2.16. The zero-order valence-electron chi connectivity index (χ0n) is 16.8. The maximum absolute atomic E-state index is 12.4. The van der Waals surface area contributed by atoms with Gasteiger partial charge in [-0.2, -0.15) is 5.10 Å². The Labute approximate surface area is 174 Å². The fourth-order valence-electron chi connectivity index (χ4n) is 3.42. The first kappa shape index (κ1) is 19.8. The Morgan fingerprint density at radius 2 is 1.90 bits per heavy atom. The van der Waals surface area contributed by atoms with Gasteiger partial charge in [0.15, 0.2) is 5.69 Å². The summed E-state index contributed by atoms with van der Waals surface area (Å²) >= 11 is 0. The molecule has 2 aromatic heterocycles. The number of amides is 2. The van der Waals surface area contributed by atoms with Crippen LogP contribution in [0.5, 0.6) is 0 Å². The molecule has 0 saturated carbocycles. The maximum atomic E-state index is 12.4. The summed E-state index contributed by atoms with van der Waals surface area (Å²) in [5.74, 6) is 0.342. The molecule has 30 heavy (non-hydrogen) atoms. The molecule has 3 heterocycles. The summed E-state index contributed by atoms with van der Waals surface area (Å²) in [6, 6.07) is 13.1. The molecule has 1 aromatic carbocycles. The fourth-order valence-corrected chi connectivity index (χ4v) is 3.42. The largest absolute Gasteiger partial charge is 0.361 e. The quantitative estimate of drug-likeness (QED) is 0.641. The van der Waals surface area contributed by atoms with Crippen molar-refractivity contribution in [2.45, 2.75) is 6.92 Å². The van der Waals surface area contributed by atoms with Crippen molar-refractivity contribution in [1.82, 2.24) is 30.5 Å². The van der Waals surface area contributed by atoms with Crippen molar-refractivity contribution >= 4 is 11.8 Å². The molecule has 0 aliphatic carbocycles. The Morgan fingerprint density at radius 1 is 1.13 bits per heavy atom. The minimum atomic E-state index is -0.181. The fraction of sp³-hybridized carbons (Fsp3) is 0.333. The molecule has 1 aliphatic rings.